The maximum Gasteiger partial charge on any atom is 0.257 e. The topological polar surface area (TPSA) is 73.1 Å². The molecule has 1 aromatic carbocycles. The molecule has 2 aromatic heterocycles. The van der Waals surface area contributed by atoms with Crippen molar-refractivity contribution < 1.29 is 18.3 Å². The van der Waals surface area contributed by atoms with Crippen LogP contribution in [0.4, 0.5) is 8.78 Å². The second kappa shape index (κ2) is 8.16. The van der Waals surface area contributed by atoms with E-state index < -0.39 is 29.0 Å². The van der Waals surface area contributed by atoms with E-state index in [4.69, 9.17) is 4.74 Å². The Morgan fingerprint density at radius 3 is 2.69 bits per heavy atom. The van der Waals surface area contributed by atoms with Gasteiger partial charge in [-0.25, -0.2) is 13.8 Å². The van der Waals surface area contributed by atoms with Crippen LogP contribution in [0.15, 0.2) is 48.9 Å². The van der Waals surface area contributed by atoms with E-state index in [1.807, 2.05) is 0 Å². The summed E-state index contributed by atoms with van der Waals surface area (Å²) in [6.07, 6.45) is 4.73. The Hall–Kier alpha value is -3.01. The van der Waals surface area contributed by atoms with Crippen LogP contribution in [0.1, 0.15) is 23.2 Å². The van der Waals surface area contributed by atoms with Crippen LogP contribution in [0.3, 0.4) is 0 Å². The molecule has 1 fully saturated rings. The van der Waals surface area contributed by atoms with E-state index in [1.165, 1.54) is 47.6 Å². The molecule has 0 N–H and O–H groups in total. The zero-order valence-corrected chi connectivity index (χ0v) is 16.0. The zero-order chi connectivity index (χ0) is 20.4. The summed E-state index contributed by atoms with van der Waals surface area (Å²) < 4.78 is 33.3. The lowest BCUT2D eigenvalue weighted by Gasteiger charge is -2.38. The molecule has 0 bridgehead atoms. The van der Waals surface area contributed by atoms with E-state index in [-0.39, 0.29) is 17.1 Å². The normalized spacial score (nSPS) is 19.2. The average Bonchev–Trinajstić information content (AvgIpc) is 3.25. The van der Waals surface area contributed by atoms with Crippen molar-refractivity contribution in [3.63, 3.8) is 0 Å². The van der Waals surface area contributed by atoms with Crippen molar-refractivity contribution in [2.24, 2.45) is 0 Å². The van der Waals surface area contributed by atoms with Gasteiger partial charge in [0, 0.05) is 12.6 Å². The number of carbonyl (C=O) groups excluding carboxylic acids is 1. The number of carbonyl (C=O) groups is 1. The number of benzene rings is 1. The predicted octanol–water partition coefficient (Wildman–Crippen LogP) is 2.88. The molecule has 4 rings (SSSR count). The van der Waals surface area contributed by atoms with Gasteiger partial charge in [-0.05, 0) is 31.0 Å². The first kappa shape index (κ1) is 19.3. The fourth-order valence-electron chi connectivity index (χ4n) is 3.25. The van der Waals surface area contributed by atoms with Gasteiger partial charge in [-0.3, -0.25) is 4.79 Å². The maximum absolute atomic E-state index is 14.5. The molecular weight excluding hydrogens is 400 g/mol. The third kappa shape index (κ3) is 3.93. The Morgan fingerprint density at radius 1 is 1.17 bits per heavy atom. The summed E-state index contributed by atoms with van der Waals surface area (Å²) in [5.74, 6) is -1.23. The van der Waals surface area contributed by atoms with Gasteiger partial charge < -0.3 is 9.64 Å². The number of hydrogen-bond acceptors (Lipinski definition) is 6. The number of thiol groups is 1. The minimum atomic E-state index is -0.608. The van der Waals surface area contributed by atoms with Gasteiger partial charge in [-0.1, -0.05) is 6.07 Å². The number of hydrogen-bond donors (Lipinski definition) is 1. The lowest BCUT2D eigenvalue weighted by atomic mass is 10.0. The molecule has 1 aliphatic heterocycles. The molecule has 150 valence electrons. The molecular formula is C19H17F2N5O2S. The van der Waals surface area contributed by atoms with Crippen LogP contribution in [0.25, 0.3) is 5.69 Å². The molecule has 29 heavy (non-hydrogen) atoms. The van der Waals surface area contributed by atoms with Crippen LogP contribution in [-0.2, 0) is 0 Å². The van der Waals surface area contributed by atoms with E-state index in [0.717, 1.165) is 11.0 Å². The Kier molecular flexibility index (Phi) is 5.43. The van der Waals surface area contributed by atoms with Crippen LogP contribution in [0, 0.1) is 11.6 Å². The molecule has 2 atom stereocenters. The summed E-state index contributed by atoms with van der Waals surface area (Å²) in [5.41, 5.74) is 0.104. The number of ether oxygens (including phenoxy) is 1. The van der Waals surface area contributed by atoms with E-state index in [9.17, 15) is 13.6 Å². The van der Waals surface area contributed by atoms with Gasteiger partial charge in [-0.2, -0.15) is 22.8 Å². The van der Waals surface area contributed by atoms with Crippen LogP contribution < -0.4 is 4.74 Å². The number of pyridine rings is 1. The lowest BCUT2D eigenvalue weighted by Crippen LogP contribution is -2.50. The van der Waals surface area contributed by atoms with Crippen molar-refractivity contribution >= 4 is 18.5 Å². The number of aromatic nitrogens is 4. The van der Waals surface area contributed by atoms with Gasteiger partial charge in [-0.15, -0.1) is 4.80 Å². The van der Waals surface area contributed by atoms with Gasteiger partial charge in [0.2, 0.25) is 5.88 Å². The predicted molar refractivity (Wildman–Crippen MR) is 103 cm³/mol. The van der Waals surface area contributed by atoms with E-state index in [1.54, 1.807) is 0 Å². The summed E-state index contributed by atoms with van der Waals surface area (Å²) >= 11 is 4.57. The minimum Gasteiger partial charge on any atom is -0.471 e. The molecule has 1 aliphatic rings. The molecule has 1 saturated heterocycles. The highest BCUT2D eigenvalue weighted by molar-refractivity contribution is 7.81. The zero-order valence-electron chi connectivity index (χ0n) is 15.2. The molecule has 1 amide bonds. The number of halogens is 2. The van der Waals surface area contributed by atoms with E-state index in [0.29, 0.717) is 19.4 Å². The molecule has 3 heterocycles. The van der Waals surface area contributed by atoms with Crippen LogP contribution in [0.5, 0.6) is 5.88 Å². The lowest BCUT2D eigenvalue weighted by molar-refractivity contribution is 0.0453. The highest BCUT2D eigenvalue weighted by Gasteiger charge is 2.35. The highest BCUT2D eigenvalue weighted by Crippen LogP contribution is 2.28. The molecule has 3 aromatic rings. The summed E-state index contributed by atoms with van der Waals surface area (Å²) in [7, 11) is 0. The first-order valence-corrected chi connectivity index (χ1v) is 9.48. The molecule has 0 saturated carbocycles. The Labute approximate surface area is 170 Å². The van der Waals surface area contributed by atoms with Crippen molar-refractivity contribution in [1.82, 2.24) is 24.9 Å². The molecule has 10 heteroatoms. The molecule has 0 radical (unpaired) electrons. The van der Waals surface area contributed by atoms with E-state index in [2.05, 4.69) is 27.8 Å². The first-order chi connectivity index (χ1) is 14.0. The van der Waals surface area contributed by atoms with Gasteiger partial charge in [0.15, 0.2) is 5.82 Å². The van der Waals surface area contributed by atoms with Gasteiger partial charge in [0.25, 0.3) is 5.91 Å². The monoisotopic (exact) mass is 417 g/mol. The van der Waals surface area contributed by atoms with Crippen molar-refractivity contribution in [3.05, 3.63) is 66.1 Å². The summed E-state index contributed by atoms with van der Waals surface area (Å²) in [5, 5.41) is 7.30. The summed E-state index contributed by atoms with van der Waals surface area (Å²) in [6.45, 7) is 0.437. The second-order valence-corrected chi connectivity index (χ2v) is 7.01. The first-order valence-electron chi connectivity index (χ1n) is 8.97. The number of piperidine rings is 1. The molecule has 7 nitrogen and oxygen atoms in total. The number of amides is 1. The Bertz CT molecular complexity index is 1000. The van der Waals surface area contributed by atoms with Gasteiger partial charge in [0.1, 0.15) is 23.0 Å². The summed E-state index contributed by atoms with van der Waals surface area (Å²) in [6, 6.07) is 6.90. The van der Waals surface area contributed by atoms with Crippen LogP contribution in [0.2, 0.25) is 0 Å². The van der Waals surface area contributed by atoms with Crippen LogP contribution in [-0.4, -0.2) is 48.8 Å². The van der Waals surface area contributed by atoms with Crippen molar-refractivity contribution in [2.75, 3.05) is 6.54 Å². The number of likely N-dealkylation sites (tertiary alicyclic amines) is 1. The Morgan fingerprint density at radius 2 is 1.97 bits per heavy atom. The molecule has 0 aliphatic carbocycles. The number of para-hydroxylation sites is 1. The van der Waals surface area contributed by atoms with Crippen LogP contribution >= 0.6 is 12.6 Å². The number of nitrogens with zero attached hydrogens (tertiary/aromatic N) is 5. The average molecular weight is 417 g/mol. The fourth-order valence-corrected chi connectivity index (χ4v) is 3.68. The minimum absolute atomic E-state index is 0.0220. The van der Waals surface area contributed by atoms with Crippen molar-refractivity contribution in [3.8, 4) is 11.6 Å². The quantitative estimate of drug-likeness (QED) is 0.661. The standard InChI is InChI=1S/C19H17F2N5O2S/c20-12-6-7-16(22-11-12)28-15-5-2-10-25(19(15)29)18(27)13-3-1-4-14(21)17(13)26-23-8-9-24-26/h1,3-4,6-9,11,15,19,29H,2,5,10H2/t15-,19+/m1/s1. The molecule has 0 spiro atoms. The highest BCUT2D eigenvalue weighted by atomic mass is 32.1. The van der Waals surface area contributed by atoms with Gasteiger partial charge >= 0.3 is 0 Å². The Balaban J connectivity index is 1.59. The number of rotatable bonds is 4. The fraction of sp³-hybridized carbons (Fsp3) is 0.263. The smallest absolute Gasteiger partial charge is 0.257 e. The van der Waals surface area contributed by atoms with Gasteiger partial charge in [0.05, 0.1) is 24.2 Å². The van der Waals surface area contributed by atoms with Crippen molar-refractivity contribution in [1.29, 1.82) is 0 Å². The van der Waals surface area contributed by atoms with E-state index >= 15 is 0 Å². The SMILES string of the molecule is O=C(c1cccc(F)c1-n1nccn1)N1CCC[C@@H](Oc2ccc(F)cn2)[C@@H]1S. The third-order valence-corrected chi connectivity index (χ3v) is 5.22. The largest absolute Gasteiger partial charge is 0.471 e. The second-order valence-electron chi connectivity index (χ2n) is 6.48. The third-order valence-electron chi connectivity index (χ3n) is 4.61. The maximum atomic E-state index is 14.5. The summed E-state index contributed by atoms with van der Waals surface area (Å²) in [4.78, 5) is 19.7. The molecule has 0 unspecified atom stereocenters. The van der Waals surface area contributed by atoms with Crippen molar-refractivity contribution in [2.45, 2.75) is 24.3 Å².